The molecule has 5 nitrogen and oxygen atoms in total. The maximum atomic E-state index is 11.8. The van der Waals surface area contributed by atoms with Gasteiger partial charge in [0.1, 0.15) is 5.03 Å². The Morgan fingerprint density at radius 3 is 2.65 bits per heavy atom. The summed E-state index contributed by atoms with van der Waals surface area (Å²) in [4.78, 5) is 29.4. The molecule has 0 saturated carbocycles. The normalized spacial score (nSPS) is 10.3. The Bertz CT molecular complexity index is 665. The lowest BCUT2D eigenvalue weighted by Gasteiger charge is -2.05. The molecule has 1 amide bonds. The molecule has 0 fully saturated rings. The van der Waals surface area contributed by atoms with Crippen LogP contribution in [0.1, 0.15) is 11.3 Å². The number of amides is 1. The predicted molar refractivity (Wildman–Crippen MR) is 80.1 cm³/mol. The minimum Gasteiger partial charge on any atom is -0.325 e. The molecule has 20 heavy (non-hydrogen) atoms. The lowest BCUT2D eigenvalue weighted by Crippen LogP contribution is -2.16. The molecule has 0 bridgehead atoms. The highest BCUT2D eigenvalue weighted by atomic mass is 32.2. The molecule has 0 unspecified atom stereocenters. The maximum Gasteiger partial charge on any atom is 0.346 e. The zero-order chi connectivity index (χ0) is 14.5. The first kappa shape index (κ1) is 14.3. The van der Waals surface area contributed by atoms with Gasteiger partial charge in [-0.15, -0.1) is 0 Å². The van der Waals surface area contributed by atoms with Crippen LogP contribution >= 0.6 is 11.8 Å². The second kappa shape index (κ2) is 6.38. The predicted octanol–water partition coefficient (Wildman–Crippen LogP) is 2.12. The molecule has 1 heterocycles. The van der Waals surface area contributed by atoms with Gasteiger partial charge in [-0.05, 0) is 32.0 Å². The summed E-state index contributed by atoms with van der Waals surface area (Å²) >= 11 is 1.24. The zero-order valence-electron chi connectivity index (χ0n) is 11.3. The Balaban J connectivity index is 1.92. The number of carbonyl (C=O) groups excluding carboxylic acids is 1. The molecule has 0 aliphatic carbocycles. The lowest BCUT2D eigenvalue weighted by molar-refractivity contribution is -0.113. The highest BCUT2D eigenvalue weighted by Crippen LogP contribution is 2.15. The van der Waals surface area contributed by atoms with Crippen LogP contribution in [0.4, 0.5) is 5.69 Å². The van der Waals surface area contributed by atoms with E-state index < -0.39 is 5.69 Å². The van der Waals surface area contributed by atoms with Gasteiger partial charge in [0, 0.05) is 11.4 Å². The number of hydrogen-bond acceptors (Lipinski definition) is 4. The number of anilines is 1. The quantitative estimate of drug-likeness (QED) is 0.668. The Morgan fingerprint density at radius 1 is 1.30 bits per heavy atom. The van der Waals surface area contributed by atoms with Gasteiger partial charge in [-0.2, -0.15) is 4.98 Å². The molecule has 0 spiro atoms. The van der Waals surface area contributed by atoms with E-state index in [9.17, 15) is 9.59 Å². The number of nitrogens with one attached hydrogen (secondary N) is 2. The minimum absolute atomic E-state index is 0.126. The van der Waals surface area contributed by atoms with Crippen LogP contribution in [0, 0.1) is 13.8 Å². The minimum atomic E-state index is -0.397. The molecule has 1 aromatic heterocycles. The van der Waals surface area contributed by atoms with Crippen molar-refractivity contribution in [2.75, 3.05) is 11.1 Å². The first-order chi connectivity index (χ1) is 9.52. The molecule has 6 heteroatoms. The van der Waals surface area contributed by atoms with Gasteiger partial charge >= 0.3 is 5.69 Å². The summed E-state index contributed by atoms with van der Waals surface area (Å²) in [6.07, 6.45) is 0. The van der Waals surface area contributed by atoms with Crippen molar-refractivity contribution in [2.45, 2.75) is 18.9 Å². The summed E-state index contributed by atoms with van der Waals surface area (Å²) < 4.78 is 0. The SMILES string of the molecule is Cc1ccc(NC(=O)CSc2cc(C)[nH]c(=O)n2)cc1. The van der Waals surface area contributed by atoms with E-state index in [0.717, 1.165) is 16.9 Å². The fourth-order valence-electron chi connectivity index (χ4n) is 1.60. The largest absolute Gasteiger partial charge is 0.346 e. The first-order valence-corrected chi connectivity index (χ1v) is 7.09. The standard InChI is InChI=1S/C14H15N3O2S/c1-9-3-5-11(6-4-9)16-12(18)8-20-13-7-10(2)15-14(19)17-13/h3-7H,8H2,1-2H3,(H,16,18)(H,15,17,19). The van der Waals surface area contributed by atoms with Gasteiger partial charge in [-0.1, -0.05) is 29.5 Å². The summed E-state index contributed by atoms with van der Waals surface area (Å²) in [5.74, 6) is 0.0858. The molecule has 0 aliphatic heterocycles. The van der Waals surface area contributed by atoms with Gasteiger partial charge in [0.25, 0.3) is 0 Å². The van der Waals surface area contributed by atoms with E-state index in [-0.39, 0.29) is 11.7 Å². The fraction of sp³-hybridized carbons (Fsp3) is 0.214. The molecular formula is C14H15N3O2S. The van der Waals surface area contributed by atoms with E-state index in [2.05, 4.69) is 15.3 Å². The van der Waals surface area contributed by atoms with E-state index in [0.29, 0.717) is 5.03 Å². The van der Waals surface area contributed by atoms with Gasteiger partial charge in [0.05, 0.1) is 5.75 Å². The zero-order valence-corrected chi connectivity index (χ0v) is 12.1. The van der Waals surface area contributed by atoms with Crippen molar-refractivity contribution in [1.29, 1.82) is 0 Å². The molecule has 0 saturated heterocycles. The van der Waals surface area contributed by atoms with Crippen molar-refractivity contribution in [3.8, 4) is 0 Å². The molecule has 104 valence electrons. The summed E-state index contributed by atoms with van der Waals surface area (Å²) in [6, 6.07) is 9.32. The topological polar surface area (TPSA) is 74.8 Å². The number of aromatic nitrogens is 2. The highest BCUT2D eigenvalue weighted by molar-refractivity contribution is 7.99. The number of thioether (sulfide) groups is 1. The number of H-pyrrole nitrogens is 1. The average molecular weight is 289 g/mol. The number of aromatic amines is 1. The van der Waals surface area contributed by atoms with Gasteiger partial charge in [0.2, 0.25) is 5.91 Å². The summed E-state index contributed by atoms with van der Waals surface area (Å²) in [5.41, 5.74) is 2.23. The first-order valence-electron chi connectivity index (χ1n) is 6.10. The molecule has 2 N–H and O–H groups in total. The van der Waals surface area contributed by atoms with Crippen LogP contribution in [-0.4, -0.2) is 21.6 Å². The number of nitrogens with zero attached hydrogens (tertiary/aromatic N) is 1. The number of benzene rings is 1. The Labute approximate surface area is 120 Å². The van der Waals surface area contributed by atoms with Crippen LogP contribution in [-0.2, 0) is 4.79 Å². The Kier molecular flexibility index (Phi) is 4.57. The van der Waals surface area contributed by atoms with E-state index in [1.807, 2.05) is 31.2 Å². The molecule has 0 aliphatic rings. The number of hydrogen-bond donors (Lipinski definition) is 2. The van der Waals surface area contributed by atoms with E-state index in [1.54, 1.807) is 13.0 Å². The maximum absolute atomic E-state index is 11.8. The van der Waals surface area contributed by atoms with Crippen molar-refractivity contribution in [2.24, 2.45) is 0 Å². The number of rotatable bonds is 4. The summed E-state index contributed by atoms with van der Waals surface area (Å²) in [6.45, 7) is 3.77. The van der Waals surface area contributed by atoms with Crippen LogP contribution in [0.15, 0.2) is 40.2 Å². The van der Waals surface area contributed by atoms with Crippen LogP contribution in [0.2, 0.25) is 0 Å². The molecule has 0 radical (unpaired) electrons. The highest BCUT2D eigenvalue weighted by Gasteiger charge is 2.05. The summed E-state index contributed by atoms with van der Waals surface area (Å²) in [5, 5.41) is 3.34. The van der Waals surface area contributed by atoms with Crippen molar-refractivity contribution in [1.82, 2.24) is 9.97 Å². The molecule has 2 aromatic rings. The van der Waals surface area contributed by atoms with E-state index >= 15 is 0 Å². The number of carbonyl (C=O) groups is 1. The van der Waals surface area contributed by atoms with Gasteiger partial charge < -0.3 is 10.3 Å². The van der Waals surface area contributed by atoms with Crippen LogP contribution in [0.5, 0.6) is 0 Å². The molecular weight excluding hydrogens is 274 g/mol. The smallest absolute Gasteiger partial charge is 0.325 e. The third kappa shape index (κ3) is 4.24. The molecule has 1 aromatic carbocycles. The van der Waals surface area contributed by atoms with Gasteiger partial charge in [0.15, 0.2) is 0 Å². The Morgan fingerprint density at radius 2 is 2.00 bits per heavy atom. The van der Waals surface area contributed by atoms with Gasteiger partial charge in [-0.3, -0.25) is 4.79 Å². The van der Waals surface area contributed by atoms with Crippen molar-refractivity contribution in [3.05, 3.63) is 52.1 Å². The summed E-state index contributed by atoms with van der Waals surface area (Å²) in [7, 11) is 0. The van der Waals surface area contributed by atoms with E-state index in [4.69, 9.17) is 0 Å². The van der Waals surface area contributed by atoms with Gasteiger partial charge in [-0.25, -0.2) is 4.79 Å². The lowest BCUT2D eigenvalue weighted by atomic mass is 10.2. The number of aryl methyl sites for hydroxylation is 2. The van der Waals surface area contributed by atoms with Crippen LogP contribution < -0.4 is 11.0 Å². The van der Waals surface area contributed by atoms with Crippen molar-refractivity contribution >= 4 is 23.4 Å². The molecule has 2 rings (SSSR count). The van der Waals surface area contributed by atoms with E-state index in [1.165, 1.54) is 11.8 Å². The fourth-order valence-corrected chi connectivity index (χ4v) is 2.36. The second-order valence-electron chi connectivity index (χ2n) is 4.41. The second-order valence-corrected chi connectivity index (χ2v) is 5.41. The Hall–Kier alpha value is -2.08. The van der Waals surface area contributed by atoms with Crippen LogP contribution in [0.3, 0.4) is 0 Å². The van der Waals surface area contributed by atoms with Crippen molar-refractivity contribution in [3.63, 3.8) is 0 Å². The average Bonchev–Trinajstić information content (AvgIpc) is 2.38. The third-order valence-corrected chi connectivity index (χ3v) is 3.45. The van der Waals surface area contributed by atoms with Crippen molar-refractivity contribution < 1.29 is 4.79 Å². The monoisotopic (exact) mass is 289 g/mol. The third-order valence-electron chi connectivity index (χ3n) is 2.54. The molecule has 0 atom stereocenters. The van der Waals surface area contributed by atoms with Crippen LogP contribution in [0.25, 0.3) is 0 Å².